The molecule has 0 saturated carbocycles. The second-order valence-corrected chi connectivity index (χ2v) is 4.97. The third-order valence-corrected chi connectivity index (χ3v) is 3.57. The average Bonchev–Trinajstić information content (AvgIpc) is 2.75. The Bertz CT molecular complexity index is 642. The van der Waals surface area contributed by atoms with Crippen LogP contribution in [-0.4, -0.2) is 12.1 Å². The molecule has 0 bridgehead atoms. The van der Waals surface area contributed by atoms with Crippen LogP contribution in [0.4, 0.5) is 0 Å². The molecule has 0 fully saturated rings. The van der Waals surface area contributed by atoms with Gasteiger partial charge in [-0.05, 0) is 18.1 Å². The first kappa shape index (κ1) is 12.7. The monoisotopic (exact) mass is 264 g/mol. The number of benzene rings is 2. The highest BCUT2D eigenvalue weighted by Crippen LogP contribution is 2.33. The van der Waals surface area contributed by atoms with E-state index in [-0.39, 0.29) is 12.1 Å². The van der Waals surface area contributed by atoms with Crippen LogP contribution in [0.25, 0.3) is 5.57 Å². The minimum atomic E-state index is -0.194. The van der Waals surface area contributed by atoms with Crippen LogP contribution in [0.15, 0.2) is 66.2 Å². The summed E-state index contributed by atoms with van der Waals surface area (Å²) in [5, 5.41) is 0. The minimum Gasteiger partial charge on any atom is -0.454 e. The fourth-order valence-electron chi connectivity index (χ4n) is 2.64. The van der Waals surface area contributed by atoms with Gasteiger partial charge in [0.05, 0.1) is 0 Å². The number of carbonyl (C=O) groups is 1. The number of carbonyl (C=O) groups excluding carboxylic acids is 1. The van der Waals surface area contributed by atoms with Crippen molar-refractivity contribution in [3.63, 3.8) is 0 Å². The van der Waals surface area contributed by atoms with E-state index in [0.717, 1.165) is 22.3 Å². The second kappa shape index (κ2) is 5.33. The van der Waals surface area contributed by atoms with Crippen LogP contribution in [0.5, 0.6) is 0 Å². The lowest BCUT2D eigenvalue weighted by molar-refractivity contribution is -0.138. The molecule has 1 heterocycles. The molecule has 0 spiro atoms. The topological polar surface area (TPSA) is 26.3 Å². The van der Waals surface area contributed by atoms with Crippen LogP contribution in [0.3, 0.4) is 0 Å². The molecule has 2 aromatic rings. The Labute approximate surface area is 118 Å². The van der Waals surface area contributed by atoms with Crippen LogP contribution in [0, 0.1) is 0 Å². The van der Waals surface area contributed by atoms with Gasteiger partial charge in [0.15, 0.2) is 0 Å². The molecule has 2 heteroatoms. The van der Waals surface area contributed by atoms with Crippen molar-refractivity contribution < 1.29 is 9.53 Å². The van der Waals surface area contributed by atoms with Crippen molar-refractivity contribution in [2.45, 2.75) is 19.4 Å². The molecular formula is C18H16O2. The summed E-state index contributed by atoms with van der Waals surface area (Å²) < 4.78 is 5.40. The maximum atomic E-state index is 12.1. The maximum Gasteiger partial charge on any atom is 0.335 e. The summed E-state index contributed by atoms with van der Waals surface area (Å²) in [6, 6.07) is 20.0. The molecule has 1 aliphatic rings. The quantitative estimate of drug-likeness (QED) is 0.791. The molecule has 1 aliphatic heterocycles. The van der Waals surface area contributed by atoms with E-state index >= 15 is 0 Å². The molecule has 0 radical (unpaired) electrons. The minimum absolute atomic E-state index is 0.177. The van der Waals surface area contributed by atoms with Gasteiger partial charge in [0.2, 0.25) is 0 Å². The summed E-state index contributed by atoms with van der Waals surface area (Å²) >= 11 is 0. The van der Waals surface area contributed by atoms with Gasteiger partial charge in [-0.3, -0.25) is 0 Å². The van der Waals surface area contributed by atoms with E-state index < -0.39 is 0 Å². The largest absolute Gasteiger partial charge is 0.454 e. The second-order valence-electron chi connectivity index (χ2n) is 4.97. The summed E-state index contributed by atoms with van der Waals surface area (Å²) in [7, 11) is 0. The first-order valence-corrected chi connectivity index (χ1v) is 6.79. The van der Waals surface area contributed by atoms with Gasteiger partial charge in [0, 0.05) is 17.6 Å². The van der Waals surface area contributed by atoms with Crippen molar-refractivity contribution in [1.29, 1.82) is 0 Å². The number of ether oxygens (including phenoxy) is 1. The molecular weight excluding hydrogens is 248 g/mol. The molecule has 2 nitrogen and oxygen atoms in total. The average molecular weight is 264 g/mol. The molecule has 0 saturated heterocycles. The predicted molar refractivity (Wildman–Crippen MR) is 79.1 cm³/mol. The Morgan fingerprint density at radius 1 is 0.950 bits per heavy atom. The van der Waals surface area contributed by atoms with E-state index in [4.69, 9.17) is 4.74 Å². The van der Waals surface area contributed by atoms with E-state index in [1.54, 1.807) is 0 Å². The molecule has 0 aliphatic carbocycles. The number of hydrogen-bond acceptors (Lipinski definition) is 2. The smallest absolute Gasteiger partial charge is 0.335 e. The summed E-state index contributed by atoms with van der Waals surface area (Å²) in [6.07, 6.45) is 0.442. The van der Waals surface area contributed by atoms with Crippen molar-refractivity contribution in [3.05, 3.63) is 77.4 Å². The summed E-state index contributed by atoms with van der Waals surface area (Å²) in [6.45, 7) is 1.93. The van der Waals surface area contributed by atoms with Gasteiger partial charge in [-0.15, -0.1) is 0 Å². The van der Waals surface area contributed by atoms with E-state index in [2.05, 4.69) is 0 Å². The molecule has 1 atom stereocenters. The molecule has 0 aromatic heterocycles. The van der Waals surface area contributed by atoms with Crippen molar-refractivity contribution in [2.24, 2.45) is 0 Å². The zero-order valence-corrected chi connectivity index (χ0v) is 11.4. The van der Waals surface area contributed by atoms with Crippen molar-refractivity contribution in [3.8, 4) is 0 Å². The highest BCUT2D eigenvalue weighted by Gasteiger charge is 2.31. The van der Waals surface area contributed by atoms with Crippen molar-refractivity contribution in [2.75, 3.05) is 0 Å². The van der Waals surface area contributed by atoms with E-state index in [9.17, 15) is 4.79 Å². The fraction of sp³-hybridized carbons (Fsp3) is 0.167. The molecule has 0 N–H and O–H groups in total. The summed E-state index contributed by atoms with van der Waals surface area (Å²) in [4.78, 5) is 12.1. The number of esters is 1. The van der Waals surface area contributed by atoms with Crippen LogP contribution in [0.2, 0.25) is 0 Å². The van der Waals surface area contributed by atoms with Crippen LogP contribution < -0.4 is 0 Å². The maximum absolute atomic E-state index is 12.1. The number of cyclic esters (lactones) is 1. The molecule has 1 unspecified atom stereocenters. The molecule has 3 rings (SSSR count). The third kappa shape index (κ3) is 2.37. The van der Waals surface area contributed by atoms with Crippen LogP contribution >= 0.6 is 0 Å². The Morgan fingerprint density at radius 2 is 1.55 bits per heavy atom. The molecule has 20 heavy (non-hydrogen) atoms. The Kier molecular flexibility index (Phi) is 3.38. The van der Waals surface area contributed by atoms with Gasteiger partial charge in [-0.25, -0.2) is 4.79 Å². The van der Waals surface area contributed by atoms with Crippen molar-refractivity contribution in [1.82, 2.24) is 0 Å². The summed E-state index contributed by atoms with van der Waals surface area (Å²) in [5.74, 6) is -0.194. The predicted octanol–water partition coefficient (Wildman–Crippen LogP) is 3.63. The molecule has 2 aromatic carbocycles. The standard InChI is InChI=1S/C18H16O2/c1-13-17(15-10-6-3-7-11-15)16(18(19)20-13)12-14-8-4-2-5-9-14/h2-11,13H,12H2,1H3. The Morgan fingerprint density at radius 3 is 2.20 bits per heavy atom. The summed E-state index contributed by atoms with van der Waals surface area (Å²) in [5.41, 5.74) is 3.98. The van der Waals surface area contributed by atoms with Gasteiger partial charge in [0.25, 0.3) is 0 Å². The molecule has 100 valence electrons. The van der Waals surface area contributed by atoms with Gasteiger partial charge >= 0.3 is 5.97 Å². The highest BCUT2D eigenvalue weighted by molar-refractivity contribution is 6.03. The van der Waals surface area contributed by atoms with E-state index in [0.29, 0.717) is 6.42 Å². The van der Waals surface area contributed by atoms with E-state index in [1.165, 1.54) is 0 Å². The first-order valence-electron chi connectivity index (χ1n) is 6.79. The van der Waals surface area contributed by atoms with Gasteiger partial charge < -0.3 is 4.74 Å². The van der Waals surface area contributed by atoms with Gasteiger partial charge in [-0.2, -0.15) is 0 Å². The van der Waals surface area contributed by atoms with E-state index in [1.807, 2.05) is 67.6 Å². The van der Waals surface area contributed by atoms with Gasteiger partial charge in [0.1, 0.15) is 6.10 Å². The van der Waals surface area contributed by atoms with Crippen LogP contribution in [0.1, 0.15) is 18.1 Å². The van der Waals surface area contributed by atoms with Crippen molar-refractivity contribution >= 4 is 11.5 Å². The SMILES string of the molecule is CC1OC(=O)C(Cc2ccccc2)=C1c1ccccc1. The lowest BCUT2D eigenvalue weighted by atomic mass is 9.94. The number of hydrogen-bond donors (Lipinski definition) is 0. The third-order valence-electron chi connectivity index (χ3n) is 3.57. The Hall–Kier alpha value is -2.35. The van der Waals surface area contributed by atoms with Crippen LogP contribution in [-0.2, 0) is 16.0 Å². The highest BCUT2D eigenvalue weighted by atomic mass is 16.5. The fourth-order valence-corrected chi connectivity index (χ4v) is 2.64. The molecule has 0 amide bonds. The zero-order chi connectivity index (χ0) is 13.9. The normalized spacial score (nSPS) is 18.2. The Balaban J connectivity index is 2.03. The first-order chi connectivity index (χ1) is 9.75. The lowest BCUT2D eigenvalue weighted by Crippen LogP contribution is -2.05. The number of rotatable bonds is 3. The van der Waals surface area contributed by atoms with Gasteiger partial charge in [-0.1, -0.05) is 60.7 Å². The zero-order valence-electron chi connectivity index (χ0n) is 11.4. The lowest BCUT2D eigenvalue weighted by Gasteiger charge is -2.09.